The molecule has 146 valence electrons. The topological polar surface area (TPSA) is 77.2 Å². The Morgan fingerprint density at radius 1 is 1.26 bits per heavy atom. The summed E-state index contributed by atoms with van der Waals surface area (Å²) in [6.07, 6.45) is 4.53. The summed E-state index contributed by atoms with van der Waals surface area (Å²) in [6, 6.07) is 8.09. The highest BCUT2D eigenvalue weighted by molar-refractivity contribution is 8.00. The minimum Gasteiger partial charge on any atom is -0.484 e. The number of nitrogens with zero attached hydrogens (tertiary/aromatic N) is 2. The molecule has 0 aliphatic heterocycles. The van der Waals surface area contributed by atoms with Crippen LogP contribution in [0.15, 0.2) is 33.9 Å². The van der Waals surface area contributed by atoms with Crippen LogP contribution in [-0.2, 0) is 11.4 Å². The number of aromatic nitrogens is 2. The molecule has 6 nitrogen and oxygen atoms in total. The van der Waals surface area contributed by atoms with Crippen LogP contribution in [0.25, 0.3) is 0 Å². The number of carbonyl (C=O) groups excluding carboxylic acids is 1. The number of carbonyl (C=O) groups is 1. The highest BCUT2D eigenvalue weighted by Gasteiger charge is 2.28. The molecule has 0 spiro atoms. The third-order valence-corrected chi connectivity index (χ3v) is 6.00. The number of aryl methyl sites for hydroxylation is 1. The van der Waals surface area contributed by atoms with E-state index in [0.717, 1.165) is 18.6 Å². The maximum Gasteiger partial charge on any atom is 0.277 e. The lowest BCUT2D eigenvalue weighted by molar-refractivity contribution is -0.121. The average molecular weight is 390 g/mol. The molecule has 1 amide bonds. The smallest absolute Gasteiger partial charge is 0.277 e. The first-order chi connectivity index (χ1) is 13.0. The quantitative estimate of drug-likeness (QED) is 0.684. The number of nitrogens with one attached hydrogen (secondary N) is 1. The van der Waals surface area contributed by atoms with Gasteiger partial charge in [-0.15, -0.1) is 10.2 Å². The zero-order valence-electron chi connectivity index (χ0n) is 16.1. The van der Waals surface area contributed by atoms with Gasteiger partial charge in [-0.2, -0.15) is 0 Å². The Bertz CT molecular complexity index is 739. The molecule has 0 radical (unpaired) electrons. The van der Waals surface area contributed by atoms with Crippen molar-refractivity contribution in [3.8, 4) is 5.75 Å². The standard InChI is InChI=1S/C20H27N3O3S/c1-13(2)18(19(24)21-15-6-4-5-7-15)27-20-23-22-17(26-20)12-25-16-10-8-14(3)9-11-16/h8-11,13,15,18H,4-7,12H2,1-3H3,(H,21,24). The third kappa shape index (κ3) is 5.73. The molecule has 1 N–H and O–H groups in total. The van der Waals surface area contributed by atoms with Crippen molar-refractivity contribution in [1.29, 1.82) is 0 Å². The van der Waals surface area contributed by atoms with Gasteiger partial charge in [-0.1, -0.05) is 56.1 Å². The van der Waals surface area contributed by atoms with Crippen LogP contribution in [0.4, 0.5) is 0 Å². The number of hydrogen-bond acceptors (Lipinski definition) is 6. The van der Waals surface area contributed by atoms with Gasteiger partial charge in [0, 0.05) is 6.04 Å². The van der Waals surface area contributed by atoms with E-state index in [4.69, 9.17) is 9.15 Å². The molecule has 7 heteroatoms. The fourth-order valence-electron chi connectivity index (χ4n) is 3.08. The first kappa shape index (κ1) is 19.7. The minimum atomic E-state index is -0.253. The van der Waals surface area contributed by atoms with E-state index in [1.807, 2.05) is 45.0 Å². The van der Waals surface area contributed by atoms with Crippen LogP contribution in [0.2, 0.25) is 0 Å². The molecule has 1 fully saturated rings. The summed E-state index contributed by atoms with van der Waals surface area (Å²) >= 11 is 1.32. The number of hydrogen-bond donors (Lipinski definition) is 1. The largest absolute Gasteiger partial charge is 0.484 e. The second-order valence-electron chi connectivity index (χ2n) is 7.34. The van der Waals surface area contributed by atoms with Crippen molar-refractivity contribution in [2.75, 3.05) is 0 Å². The molecule has 1 aromatic carbocycles. The van der Waals surface area contributed by atoms with Gasteiger partial charge in [-0.25, -0.2) is 0 Å². The van der Waals surface area contributed by atoms with E-state index in [2.05, 4.69) is 15.5 Å². The number of ether oxygens (including phenoxy) is 1. The van der Waals surface area contributed by atoms with Crippen molar-refractivity contribution < 1.29 is 13.9 Å². The summed E-state index contributed by atoms with van der Waals surface area (Å²) in [6.45, 7) is 6.30. The predicted molar refractivity (Wildman–Crippen MR) is 105 cm³/mol. The van der Waals surface area contributed by atoms with Crippen molar-refractivity contribution >= 4 is 17.7 Å². The van der Waals surface area contributed by atoms with Crippen molar-refractivity contribution in [2.45, 2.75) is 69.6 Å². The molecule has 2 aromatic rings. The van der Waals surface area contributed by atoms with Crippen LogP contribution < -0.4 is 10.1 Å². The molecule has 1 aliphatic rings. The van der Waals surface area contributed by atoms with Gasteiger partial charge < -0.3 is 14.5 Å². The van der Waals surface area contributed by atoms with E-state index in [1.54, 1.807) is 0 Å². The Morgan fingerprint density at radius 2 is 1.96 bits per heavy atom. The summed E-state index contributed by atoms with van der Waals surface area (Å²) in [5.74, 6) is 1.37. The lowest BCUT2D eigenvalue weighted by Crippen LogP contribution is -2.40. The molecular formula is C20H27N3O3S. The molecule has 0 saturated heterocycles. The monoisotopic (exact) mass is 389 g/mol. The van der Waals surface area contributed by atoms with Crippen molar-refractivity contribution in [2.24, 2.45) is 5.92 Å². The van der Waals surface area contributed by atoms with Crippen LogP contribution in [0, 0.1) is 12.8 Å². The Balaban J connectivity index is 1.55. The number of amides is 1. The van der Waals surface area contributed by atoms with Crippen LogP contribution in [-0.4, -0.2) is 27.4 Å². The van der Waals surface area contributed by atoms with E-state index in [0.29, 0.717) is 17.2 Å². The predicted octanol–water partition coefficient (Wildman–Crippen LogP) is 4.13. The maximum atomic E-state index is 12.6. The van der Waals surface area contributed by atoms with Gasteiger partial charge in [0.15, 0.2) is 6.61 Å². The number of benzene rings is 1. The van der Waals surface area contributed by atoms with Crippen molar-refractivity contribution in [1.82, 2.24) is 15.5 Å². The Kier molecular flexibility index (Phi) is 6.77. The zero-order valence-corrected chi connectivity index (χ0v) is 16.9. The summed E-state index contributed by atoms with van der Waals surface area (Å²) in [4.78, 5) is 12.6. The van der Waals surface area contributed by atoms with Crippen molar-refractivity contribution in [3.05, 3.63) is 35.7 Å². The lowest BCUT2D eigenvalue weighted by Gasteiger charge is -2.20. The summed E-state index contributed by atoms with van der Waals surface area (Å²) in [7, 11) is 0. The van der Waals surface area contributed by atoms with Crippen LogP contribution in [0.3, 0.4) is 0 Å². The summed E-state index contributed by atoms with van der Waals surface area (Å²) < 4.78 is 11.3. The fourth-order valence-corrected chi connectivity index (χ4v) is 3.97. The molecule has 1 heterocycles. The molecular weight excluding hydrogens is 362 g/mol. The first-order valence-corrected chi connectivity index (χ1v) is 10.4. The third-order valence-electron chi connectivity index (χ3n) is 4.62. The fraction of sp³-hybridized carbons (Fsp3) is 0.550. The minimum absolute atomic E-state index is 0.0533. The van der Waals surface area contributed by atoms with Crippen LogP contribution in [0.1, 0.15) is 51.0 Å². The van der Waals surface area contributed by atoms with Gasteiger partial charge in [0.25, 0.3) is 11.1 Å². The average Bonchev–Trinajstić information content (AvgIpc) is 3.30. The van der Waals surface area contributed by atoms with E-state index in [-0.39, 0.29) is 23.7 Å². The Hall–Kier alpha value is -2.02. The van der Waals surface area contributed by atoms with Gasteiger partial charge in [0.05, 0.1) is 5.25 Å². The number of rotatable bonds is 8. The van der Waals surface area contributed by atoms with Gasteiger partial charge >= 0.3 is 0 Å². The Labute approximate surface area is 164 Å². The molecule has 1 aromatic heterocycles. The van der Waals surface area contributed by atoms with E-state index in [1.165, 1.54) is 30.2 Å². The molecule has 3 rings (SSSR count). The van der Waals surface area contributed by atoms with Crippen molar-refractivity contribution in [3.63, 3.8) is 0 Å². The molecule has 1 unspecified atom stereocenters. The van der Waals surface area contributed by atoms with Gasteiger partial charge in [0.1, 0.15) is 5.75 Å². The van der Waals surface area contributed by atoms with Crippen LogP contribution >= 0.6 is 11.8 Å². The first-order valence-electron chi connectivity index (χ1n) is 9.50. The van der Waals surface area contributed by atoms with Gasteiger partial charge in [-0.05, 0) is 37.8 Å². The molecule has 27 heavy (non-hydrogen) atoms. The number of thioether (sulfide) groups is 1. The molecule has 0 bridgehead atoms. The van der Waals surface area contributed by atoms with E-state index >= 15 is 0 Å². The maximum absolute atomic E-state index is 12.6. The second kappa shape index (κ2) is 9.26. The molecule has 1 aliphatic carbocycles. The second-order valence-corrected chi connectivity index (χ2v) is 8.43. The van der Waals surface area contributed by atoms with Gasteiger partial charge in [0.2, 0.25) is 5.91 Å². The van der Waals surface area contributed by atoms with Crippen LogP contribution in [0.5, 0.6) is 5.75 Å². The summed E-state index contributed by atoms with van der Waals surface area (Å²) in [5, 5.41) is 11.4. The normalized spacial score (nSPS) is 15.9. The highest BCUT2D eigenvalue weighted by atomic mass is 32.2. The zero-order chi connectivity index (χ0) is 19.2. The molecule has 1 atom stereocenters. The van der Waals surface area contributed by atoms with E-state index in [9.17, 15) is 4.79 Å². The lowest BCUT2D eigenvalue weighted by atomic mass is 10.1. The summed E-state index contributed by atoms with van der Waals surface area (Å²) in [5.41, 5.74) is 1.18. The molecule has 1 saturated carbocycles. The van der Waals surface area contributed by atoms with Gasteiger partial charge in [-0.3, -0.25) is 4.79 Å². The SMILES string of the molecule is Cc1ccc(OCc2nnc(SC(C(=O)NC3CCCC3)C(C)C)o2)cc1. The Morgan fingerprint density at radius 3 is 2.63 bits per heavy atom. The van der Waals surface area contributed by atoms with E-state index < -0.39 is 0 Å². The highest BCUT2D eigenvalue weighted by Crippen LogP contribution is 2.28.